The van der Waals surface area contributed by atoms with Crippen molar-refractivity contribution in [2.24, 2.45) is 5.92 Å². The molecule has 0 aromatic heterocycles. The van der Waals surface area contributed by atoms with Gasteiger partial charge in [0.05, 0.1) is 17.4 Å². The van der Waals surface area contributed by atoms with Gasteiger partial charge in [-0.05, 0) is 31.6 Å². The average molecular weight is 326 g/mol. The van der Waals surface area contributed by atoms with Crippen molar-refractivity contribution < 1.29 is 40.0 Å². The van der Waals surface area contributed by atoms with E-state index >= 15 is 0 Å². The summed E-state index contributed by atoms with van der Waals surface area (Å²) >= 11 is 0. The molecule has 0 rings (SSSR count). The normalized spacial score (nSPS) is 13.1. The maximum absolute atomic E-state index is 11.4. The standard InChI is InChI=1S/C12H26N2O8/c1-10(2)6-7-12(15)20-8-4-3-5-11(22-14(18)19)9-21-13(16)17/h10-11,16-19H,3-9H2,1-2H3/t11-/m1/s1. The molecule has 0 aliphatic carbocycles. The Hall–Kier alpha value is -0.850. The summed E-state index contributed by atoms with van der Waals surface area (Å²) in [5.74, 6) is 0.209. The first-order valence-electron chi connectivity index (χ1n) is 7.12. The first kappa shape index (κ1) is 21.1. The maximum Gasteiger partial charge on any atom is 0.305 e. The van der Waals surface area contributed by atoms with Crippen molar-refractivity contribution in [1.82, 2.24) is 10.8 Å². The van der Waals surface area contributed by atoms with E-state index in [1.807, 2.05) is 13.8 Å². The molecule has 4 N–H and O–H groups in total. The lowest BCUT2D eigenvalue weighted by atomic mass is 10.1. The van der Waals surface area contributed by atoms with Crippen molar-refractivity contribution >= 4 is 5.97 Å². The first-order chi connectivity index (χ1) is 10.3. The molecule has 0 saturated heterocycles. The van der Waals surface area contributed by atoms with Crippen LogP contribution in [0.4, 0.5) is 0 Å². The molecule has 0 amide bonds. The number of ether oxygens (including phenoxy) is 1. The summed E-state index contributed by atoms with van der Waals surface area (Å²) < 4.78 is 5.05. The Balaban J connectivity index is 3.76. The zero-order chi connectivity index (χ0) is 17.0. The lowest BCUT2D eigenvalue weighted by molar-refractivity contribution is -0.527. The number of esters is 1. The molecule has 0 aliphatic heterocycles. The summed E-state index contributed by atoms with van der Waals surface area (Å²) in [5, 5.41) is 33.0. The van der Waals surface area contributed by atoms with E-state index in [1.54, 1.807) is 0 Å². The Labute approximate surface area is 129 Å². The molecule has 132 valence electrons. The zero-order valence-corrected chi connectivity index (χ0v) is 12.9. The summed E-state index contributed by atoms with van der Waals surface area (Å²) in [6, 6.07) is 0. The SMILES string of the molecule is CC(C)CCC(=O)OCCCC[C@H](CON(O)O)ON(O)O. The molecule has 0 aromatic rings. The molecule has 22 heavy (non-hydrogen) atoms. The van der Waals surface area contributed by atoms with Crippen molar-refractivity contribution in [3.63, 3.8) is 0 Å². The van der Waals surface area contributed by atoms with Gasteiger partial charge < -0.3 is 4.74 Å². The van der Waals surface area contributed by atoms with Crippen LogP contribution in [0.3, 0.4) is 0 Å². The number of rotatable bonds is 13. The third-order valence-corrected chi connectivity index (χ3v) is 2.73. The van der Waals surface area contributed by atoms with Crippen LogP contribution < -0.4 is 0 Å². The van der Waals surface area contributed by atoms with Crippen molar-refractivity contribution in [3.05, 3.63) is 0 Å². The quantitative estimate of drug-likeness (QED) is 0.224. The highest BCUT2D eigenvalue weighted by molar-refractivity contribution is 5.69. The lowest BCUT2D eigenvalue weighted by Crippen LogP contribution is -2.31. The van der Waals surface area contributed by atoms with E-state index in [2.05, 4.69) is 9.68 Å². The molecule has 0 saturated carbocycles. The third kappa shape index (κ3) is 14.1. The molecule has 1 atom stereocenters. The number of unbranched alkanes of at least 4 members (excludes halogenated alkanes) is 1. The van der Waals surface area contributed by atoms with E-state index < -0.39 is 16.9 Å². The highest BCUT2D eigenvalue weighted by Gasteiger charge is 2.15. The van der Waals surface area contributed by atoms with Gasteiger partial charge in [0.2, 0.25) is 0 Å². The lowest BCUT2D eigenvalue weighted by Gasteiger charge is -2.18. The molecule has 10 nitrogen and oxygen atoms in total. The Morgan fingerprint density at radius 1 is 1.05 bits per heavy atom. The topological polar surface area (TPSA) is 132 Å². The van der Waals surface area contributed by atoms with Crippen LogP contribution in [0, 0.1) is 5.92 Å². The van der Waals surface area contributed by atoms with Gasteiger partial charge in [-0.1, -0.05) is 13.8 Å². The molecule has 0 unspecified atom stereocenters. The van der Waals surface area contributed by atoms with Crippen molar-refractivity contribution in [1.29, 1.82) is 0 Å². The van der Waals surface area contributed by atoms with Crippen LogP contribution in [-0.4, -0.2) is 56.9 Å². The summed E-state index contributed by atoms with van der Waals surface area (Å²) in [5.41, 5.74) is 0. The maximum atomic E-state index is 11.4. The van der Waals surface area contributed by atoms with E-state index in [-0.39, 0.29) is 19.2 Å². The van der Waals surface area contributed by atoms with Crippen LogP contribution in [0.5, 0.6) is 0 Å². The van der Waals surface area contributed by atoms with Crippen molar-refractivity contribution in [3.8, 4) is 0 Å². The van der Waals surface area contributed by atoms with E-state index in [0.29, 0.717) is 31.6 Å². The van der Waals surface area contributed by atoms with Gasteiger partial charge in [-0.3, -0.25) is 25.6 Å². The molecule has 0 heterocycles. The largest absolute Gasteiger partial charge is 0.466 e. The van der Waals surface area contributed by atoms with Crippen LogP contribution in [0.25, 0.3) is 0 Å². The highest BCUT2D eigenvalue weighted by atomic mass is 17.1. The van der Waals surface area contributed by atoms with Crippen molar-refractivity contribution in [2.45, 2.75) is 52.1 Å². The van der Waals surface area contributed by atoms with E-state index in [9.17, 15) is 4.79 Å². The number of carbonyl (C=O) groups excluding carboxylic acids is 1. The minimum Gasteiger partial charge on any atom is -0.466 e. The number of hydrogen-bond donors (Lipinski definition) is 4. The molecule has 0 spiro atoms. The van der Waals surface area contributed by atoms with Crippen molar-refractivity contribution in [2.75, 3.05) is 13.2 Å². The van der Waals surface area contributed by atoms with Gasteiger partial charge in [-0.2, -0.15) is 0 Å². The Morgan fingerprint density at radius 3 is 2.27 bits per heavy atom. The fraction of sp³-hybridized carbons (Fsp3) is 0.917. The summed E-state index contributed by atoms with van der Waals surface area (Å²) in [6.45, 7) is 4.01. The minimum atomic E-state index is -0.812. The molecule has 0 radical (unpaired) electrons. The van der Waals surface area contributed by atoms with E-state index in [1.165, 1.54) is 0 Å². The molecular weight excluding hydrogens is 300 g/mol. The molecule has 0 fully saturated rings. The summed E-state index contributed by atoms with van der Waals surface area (Å²) in [4.78, 5) is 20.3. The van der Waals surface area contributed by atoms with Gasteiger partial charge in [0, 0.05) is 6.42 Å². The highest BCUT2D eigenvalue weighted by Crippen LogP contribution is 2.09. The molecule has 0 aliphatic rings. The number of hydrogen-bond acceptors (Lipinski definition) is 10. The molecule has 10 heteroatoms. The minimum absolute atomic E-state index is 0.238. The Bertz CT molecular complexity index is 288. The molecule has 0 aromatic carbocycles. The first-order valence-corrected chi connectivity index (χ1v) is 7.12. The number of nitrogens with zero attached hydrogens (tertiary/aromatic N) is 2. The predicted octanol–water partition coefficient (Wildman–Crippen LogP) is 1.53. The van der Waals surface area contributed by atoms with E-state index in [0.717, 1.165) is 6.42 Å². The second-order valence-corrected chi connectivity index (χ2v) is 5.18. The second kappa shape index (κ2) is 12.7. The third-order valence-electron chi connectivity index (χ3n) is 2.73. The van der Waals surface area contributed by atoms with Gasteiger partial charge in [-0.25, -0.2) is 9.68 Å². The van der Waals surface area contributed by atoms with Crippen LogP contribution in [0.2, 0.25) is 0 Å². The number of carbonyl (C=O) groups is 1. The molecular formula is C12H26N2O8. The van der Waals surface area contributed by atoms with Crippen LogP contribution in [0.15, 0.2) is 0 Å². The van der Waals surface area contributed by atoms with Gasteiger partial charge in [0.25, 0.3) is 0 Å². The second-order valence-electron chi connectivity index (χ2n) is 5.18. The van der Waals surface area contributed by atoms with Gasteiger partial charge >= 0.3 is 5.97 Å². The van der Waals surface area contributed by atoms with Crippen LogP contribution in [0.1, 0.15) is 46.0 Å². The van der Waals surface area contributed by atoms with E-state index in [4.69, 9.17) is 25.6 Å². The van der Waals surface area contributed by atoms with Gasteiger partial charge in [-0.15, -0.1) is 0 Å². The fourth-order valence-electron chi connectivity index (χ4n) is 1.59. The van der Waals surface area contributed by atoms with Gasteiger partial charge in [0.1, 0.15) is 12.7 Å². The molecule has 0 bridgehead atoms. The fourth-order valence-corrected chi connectivity index (χ4v) is 1.59. The monoisotopic (exact) mass is 326 g/mol. The Morgan fingerprint density at radius 2 is 1.73 bits per heavy atom. The summed E-state index contributed by atoms with van der Waals surface area (Å²) in [7, 11) is 0. The van der Waals surface area contributed by atoms with Crippen LogP contribution >= 0.6 is 0 Å². The average Bonchev–Trinajstić information content (AvgIpc) is 2.41. The van der Waals surface area contributed by atoms with Gasteiger partial charge in [0.15, 0.2) is 0 Å². The zero-order valence-electron chi connectivity index (χ0n) is 12.9. The predicted molar refractivity (Wildman–Crippen MR) is 70.5 cm³/mol. The summed E-state index contributed by atoms with van der Waals surface area (Å²) in [6.07, 6.45) is 1.81. The smallest absolute Gasteiger partial charge is 0.305 e. The Kier molecular flexibility index (Phi) is 12.2. The van der Waals surface area contributed by atoms with Crippen LogP contribution in [-0.2, 0) is 19.2 Å².